The predicted molar refractivity (Wildman–Crippen MR) is 104 cm³/mol. The summed E-state index contributed by atoms with van der Waals surface area (Å²) in [4.78, 5) is 25.8. The maximum Gasteiger partial charge on any atom is 0.437 e. The second-order valence-electron chi connectivity index (χ2n) is 6.13. The zero-order valence-corrected chi connectivity index (χ0v) is 15.6. The molecule has 0 bridgehead atoms. The first kappa shape index (κ1) is 16.6. The highest BCUT2D eigenvalue weighted by Gasteiger charge is 2.18. The maximum absolute atomic E-state index is 12.7. The molecule has 4 heterocycles. The number of aryl methyl sites for hydroxylation is 1. The molecule has 0 saturated carbocycles. The average Bonchev–Trinajstić information content (AvgIpc) is 3.44. The van der Waals surface area contributed by atoms with E-state index in [1.807, 2.05) is 42.6 Å². The molecule has 0 amide bonds. The summed E-state index contributed by atoms with van der Waals surface area (Å²) < 4.78 is 9.82. The van der Waals surface area contributed by atoms with Crippen molar-refractivity contribution in [3.63, 3.8) is 0 Å². The van der Waals surface area contributed by atoms with Crippen LogP contribution in [0.5, 0.6) is 0 Å². The third kappa shape index (κ3) is 2.42. The van der Waals surface area contributed by atoms with Gasteiger partial charge in [0.1, 0.15) is 6.54 Å². The Morgan fingerprint density at radius 3 is 2.75 bits per heavy atom. The molecule has 9 nitrogen and oxygen atoms in total. The van der Waals surface area contributed by atoms with Crippen LogP contribution in [0.1, 0.15) is 12.7 Å². The summed E-state index contributed by atoms with van der Waals surface area (Å²) in [6.07, 6.45) is 0. The van der Waals surface area contributed by atoms with Gasteiger partial charge in [0, 0.05) is 6.54 Å². The maximum atomic E-state index is 12.7. The molecule has 0 saturated heterocycles. The zero-order valence-electron chi connectivity index (χ0n) is 14.8. The second-order valence-corrected chi connectivity index (χ2v) is 7.07. The first-order valence-corrected chi connectivity index (χ1v) is 9.52. The van der Waals surface area contributed by atoms with Gasteiger partial charge in [-0.15, -0.1) is 26.6 Å². The Hall–Kier alpha value is -3.53. The summed E-state index contributed by atoms with van der Waals surface area (Å²) in [6.45, 7) is 2.40. The predicted octanol–water partition coefficient (Wildman–Crippen LogP) is 1.99. The van der Waals surface area contributed by atoms with E-state index in [2.05, 4.69) is 15.3 Å². The Morgan fingerprint density at radius 2 is 1.96 bits per heavy atom. The van der Waals surface area contributed by atoms with Gasteiger partial charge in [-0.05, 0) is 30.5 Å². The number of para-hydroxylation sites is 1. The van der Waals surface area contributed by atoms with Crippen molar-refractivity contribution in [3.8, 4) is 10.8 Å². The molecule has 4 aromatic heterocycles. The molecule has 28 heavy (non-hydrogen) atoms. The monoisotopic (exact) mass is 394 g/mol. The van der Waals surface area contributed by atoms with Crippen LogP contribution < -0.4 is 11.3 Å². The highest BCUT2D eigenvalue weighted by Crippen LogP contribution is 2.21. The normalized spacial score (nSPS) is 11.6. The van der Waals surface area contributed by atoms with Crippen molar-refractivity contribution in [2.45, 2.75) is 20.0 Å². The molecule has 10 heteroatoms. The van der Waals surface area contributed by atoms with E-state index >= 15 is 0 Å². The molecule has 0 atom stereocenters. The number of aromatic nitrogens is 6. The van der Waals surface area contributed by atoms with Crippen LogP contribution in [0.2, 0.25) is 0 Å². The molecule has 0 radical (unpaired) electrons. The summed E-state index contributed by atoms with van der Waals surface area (Å²) in [5, 5.41) is 15.1. The SMILES string of the molecule is CCn1c(=O)c2ccccc2n2c(Cn3nc(-c4cccs4)oc3=O)nnc12. The van der Waals surface area contributed by atoms with Crippen LogP contribution >= 0.6 is 11.3 Å². The first-order valence-electron chi connectivity index (χ1n) is 8.64. The van der Waals surface area contributed by atoms with Crippen LogP contribution in [0, 0.1) is 0 Å². The molecule has 0 aliphatic carbocycles. The van der Waals surface area contributed by atoms with Gasteiger partial charge < -0.3 is 4.42 Å². The lowest BCUT2D eigenvalue weighted by Crippen LogP contribution is -2.23. The molecule has 0 spiro atoms. The molecule has 5 rings (SSSR count). The van der Waals surface area contributed by atoms with Crippen LogP contribution in [0.25, 0.3) is 27.4 Å². The highest BCUT2D eigenvalue weighted by molar-refractivity contribution is 7.13. The molecule has 0 fully saturated rings. The molecular weight excluding hydrogens is 380 g/mol. The van der Waals surface area contributed by atoms with E-state index < -0.39 is 5.76 Å². The third-order valence-electron chi connectivity index (χ3n) is 4.52. The number of thiophene rings is 1. The minimum absolute atomic E-state index is 0.0702. The van der Waals surface area contributed by atoms with E-state index in [-0.39, 0.29) is 18.0 Å². The van der Waals surface area contributed by atoms with Crippen molar-refractivity contribution in [3.05, 3.63) is 68.5 Å². The molecule has 0 aliphatic rings. The molecule has 1 aromatic carbocycles. The Morgan fingerprint density at radius 1 is 1.11 bits per heavy atom. The quantitative estimate of drug-likeness (QED) is 0.462. The summed E-state index contributed by atoms with van der Waals surface area (Å²) >= 11 is 1.44. The number of hydrogen-bond acceptors (Lipinski definition) is 7. The molecule has 0 N–H and O–H groups in total. The lowest BCUT2D eigenvalue weighted by atomic mass is 10.2. The number of rotatable bonds is 4. The number of hydrogen-bond donors (Lipinski definition) is 0. The van der Waals surface area contributed by atoms with Gasteiger partial charge in [-0.25, -0.2) is 4.79 Å². The van der Waals surface area contributed by atoms with E-state index in [1.165, 1.54) is 16.0 Å². The van der Waals surface area contributed by atoms with Gasteiger partial charge in [0.25, 0.3) is 11.4 Å². The summed E-state index contributed by atoms with van der Waals surface area (Å²) in [7, 11) is 0. The lowest BCUT2D eigenvalue weighted by Gasteiger charge is -2.09. The zero-order chi connectivity index (χ0) is 19.3. The van der Waals surface area contributed by atoms with Crippen molar-refractivity contribution >= 4 is 28.0 Å². The van der Waals surface area contributed by atoms with Crippen LogP contribution in [-0.2, 0) is 13.1 Å². The van der Waals surface area contributed by atoms with Gasteiger partial charge in [-0.3, -0.25) is 13.8 Å². The Labute approximate surface area is 161 Å². The standard InChI is InChI=1S/C18H14N6O3S/c1-2-22-16(25)11-6-3-4-7-12(11)24-14(19-20-17(22)24)10-23-18(26)27-15(21-23)13-8-5-9-28-13/h3-9H,2,10H2,1H3. The van der Waals surface area contributed by atoms with E-state index in [0.29, 0.717) is 29.0 Å². The van der Waals surface area contributed by atoms with Gasteiger partial charge in [-0.1, -0.05) is 18.2 Å². The largest absolute Gasteiger partial charge is 0.437 e. The van der Waals surface area contributed by atoms with Gasteiger partial charge in [-0.2, -0.15) is 4.68 Å². The lowest BCUT2D eigenvalue weighted by molar-refractivity contribution is 0.491. The van der Waals surface area contributed by atoms with Crippen LogP contribution in [0.15, 0.2) is 55.8 Å². The highest BCUT2D eigenvalue weighted by atomic mass is 32.1. The van der Waals surface area contributed by atoms with Crippen molar-refractivity contribution < 1.29 is 4.42 Å². The van der Waals surface area contributed by atoms with Crippen molar-refractivity contribution in [1.82, 2.24) is 28.9 Å². The minimum atomic E-state index is -0.576. The third-order valence-corrected chi connectivity index (χ3v) is 5.38. The van der Waals surface area contributed by atoms with E-state index in [0.717, 1.165) is 4.88 Å². The van der Waals surface area contributed by atoms with Crippen LogP contribution in [-0.4, -0.2) is 28.9 Å². The van der Waals surface area contributed by atoms with E-state index in [9.17, 15) is 9.59 Å². The Bertz CT molecular complexity index is 1420. The van der Waals surface area contributed by atoms with Crippen molar-refractivity contribution in [2.24, 2.45) is 0 Å². The summed E-state index contributed by atoms with van der Waals surface area (Å²) in [6, 6.07) is 11.0. The molecule has 140 valence electrons. The van der Waals surface area contributed by atoms with Crippen molar-refractivity contribution in [2.75, 3.05) is 0 Å². The van der Waals surface area contributed by atoms with Gasteiger partial charge in [0.15, 0.2) is 5.82 Å². The Kier molecular flexibility index (Phi) is 3.72. The van der Waals surface area contributed by atoms with E-state index in [4.69, 9.17) is 4.42 Å². The minimum Gasteiger partial charge on any atom is -0.387 e. The smallest absolute Gasteiger partial charge is 0.387 e. The van der Waals surface area contributed by atoms with Crippen LogP contribution in [0.4, 0.5) is 0 Å². The molecular formula is C18H14N6O3S. The molecule has 5 aromatic rings. The number of fused-ring (bicyclic) bond motifs is 3. The van der Waals surface area contributed by atoms with Gasteiger partial charge >= 0.3 is 5.76 Å². The summed E-state index contributed by atoms with van der Waals surface area (Å²) in [5.41, 5.74) is 0.561. The fourth-order valence-electron chi connectivity index (χ4n) is 3.24. The molecule has 0 aliphatic heterocycles. The number of benzene rings is 1. The van der Waals surface area contributed by atoms with Gasteiger partial charge in [0.2, 0.25) is 5.78 Å². The first-order chi connectivity index (χ1) is 13.7. The Balaban J connectivity index is 1.70. The molecule has 0 unspecified atom stereocenters. The van der Waals surface area contributed by atoms with E-state index in [1.54, 1.807) is 15.0 Å². The fourth-order valence-corrected chi connectivity index (χ4v) is 3.89. The fraction of sp³-hybridized carbons (Fsp3) is 0.167. The topological polar surface area (TPSA) is 100 Å². The van der Waals surface area contributed by atoms with Crippen molar-refractivity contribution in [1.29, 1.82) is 0 Å². The van der Waals surface area contributed by atoms with Gasteiger partial charge in [0.05, 0.1) is 15.8 Å². The number of nitrogens with zero attached hydrogens (tertiary/aromatic N) is 6. The summed E-state index contributed by atoms with van der Waals surface area (Å²) in [5.74, 6) is 0.607. The average molecular weight is 394 g/mol. The second kappa shape index (κ2) is 6.27. The van der Waals surface area contributed by atoms with Crippen LogP contribution in [0.3, 0.4) is 0 Å².